The Labute approximate surface area is 210 Å². The molecule has 0 radical (unpaired) electrons. The second-order valence-electron chi connectivity index (χ2n) is 9.27. The van der Waals surface area contributed by atoms with Crippen LogP contribution in [0.3, 0.4) is 0 Å². The van der Waals surface area contributed by atoms with Crippen molar-refractivity contribution in [3.63, 3.8) is 0 Å². The van der Waals surface area contributed by atoms with Crippen molar-refractivity contribution >= 4 is 29.2 Å². The van der Waals surface area contributed by atoms with Crippen molar-refractivity contribution in [2.75, 3.05) is 29.6 Å². The molecule has 1 spiro atoms. The number of benzene rings is 3. The fourth-order valence-electron chi connectivity index (χ4n) is 5.19. The number of ketones is 1. The molecule has 3 aromatic rings. The third kappa shape index (κ3) is 4.33. The lowest BCUT2D eigenvalue weighted by molar-refractivity contribution is -0.123. The van der Waals surface area contributed by atoms with Gasteiger partial charge in [-0.3, -0.25) is 14.5 Å². The average Bonchev–Trinajstić information content (AvgIpc) is 3.20. The molecule has 0 N–H and O–H groups in total. The van der Waals surface area contributed by atoms with Crippen molar-refractivity contribution in [1.82, 2.24) is 4.90 Å². The van der Waals surface area contributed by atoms with Crippen LogP contribution < -0.4 is 9.80 Å². The molecule has 0 atom stereocenters. The number of hydrogen-bond acceptors (Lipinski definition) is 5. The summed E-state index contributed by atoms with van der Waals surface area (Å²) in [5.41, 5.74) is 2.21. The summed E-state index contributed by atoms with van der Waals surface area (Å²) in [4.78, 5) is 44.7. The fraction of sp³-hybridized carbons (Fsp3) is 0.276. The minimum atomic E-state index is -0.804. The third-order valence-electron chi connectivity index (χ3n) is 7.14. The van der Waals surface area contributed by atoms with E-state index in [0.29, 0.717) is 43.9 Å². The van der Waals surface area contributed by atoms with E-state index in [0.717, 1.165) is 11.3 Å². The van der Waals surface area contributed by atoms with Gasteiger partial charge in [0.05, 0.1) is 12.4 Å². The monoisotopic (exact) mass is 483 g/mol. The predicted molar refractivity (Wildman–Crippen MR) is 138 cm³/mol. The van der Waals surface area contributed by atoms with Crippen molar-refractivity contribution in [3.8, 4) is 0 Å². The maximum atomic E-state index is 14.1. The van der Waals surface area contributed by atoms with Gasteiger partial charge < -0.3 is 14.5 Å². The molecular formula is C29H29N3O4. The van der Waals surface area contributed by atoms with E-state index in [9.17, 15) is 14.4 Å². The van der Waals surface area contributed by atoms with Gasteiger partial charge in [0.1, 0.15) is 12.1 Å². The van der Waals surface area contributed by atoms with Gasteiger partial charge in [0, 0.05) is 24.3 Å². The number of likely N-dealkylation sites (tertiary alicyclic amines) is 1. The normalized spacial score (nSPS) is 16.9. The number of carbonyl (C=O) groups excluding carboxylic acids is 3. The predicted octanol–water partition coefficient (Wildman–Crippen LogP) is 4.87. The van der Waals surface area contributed by atoms with Crippen LogP contribution in [0.1, 0.15) is 35.7 Å². The van der Waals surface area contributed by atoms with E-state index in [-0.39, 0.29) is 24.4 Å². The van der Waals surface area contributed by atoms with Crippen LogP contribution in [-0.4, -0.2) is 48.0 Å². The first-order valence-electron chi connectivity index (χ1n) is 12.2. The molecule has 3 aromatic carbocycles. The lowest BCUT2D eigenvalue weighted by Crippen LogP contribution is -2.57. The van der Waals surface area contributed by atoms with Crippen molar-refractivity contribution in [3.05, 3.63) is 96.1 Å². The highest BCUT2D eigenvalue weighted by molar-refractivity contribution is 6.10. The smallest absolute Gasteiger partial charge is 0.410 e. The standard InChI is InChI=1S/C29H29N3O4/c1-22(33)25-14-8-9-15-26(25)31-21-32(24-12-6-3-7-13-24)29(27(31)34)16-18-30(19-17-29)28(35)36-20-23-10-4-2-5-11-23/h2-15H,16-21H2,1H3. The summed E-state index contributed by atoms with van der Waals surface area (Å²) >= 11 is 0. The van der Waals surface area contributed by atoms with E-state index in [1.807, 2.05) is 78.9 Å². The molecule has 2 heterocycles. The topological polar surface area (TPSA) is 70.2 Å². The van der Waals surface area contributed by atoms with Crippen LogP contribution in [0.4, 0.5) is 16.2 Å². The van der Waals surface area contributed by atoms with Crippen LogP contribution in [-0.2, 0) is 16.1 Å². The molecule has 2 saturated heterocycles. The Hall–Kier alpha value is -4.13. The number of amides is 2. The van der Waals surface area contributed by atoms with Crippen LogP contribution in [0.5, 0.6) is 0 Å². The van der Waals surface area contributed by atoms with Crippen LogP contribution in [0.25, 0.3) is 0 Å². The highest BCUT2D eigenvalue weighted by Crippen LogP contribution is 2.42. The second kappa shape index (κ2) is 9.85. The Morgan fingerprint density at radius 1 is 0.861 bits per heavy atom. The molecule has 36 heavy (non-hydrogen) atoms. The Balaban J connectivity index is 1.38. The summed E-state index contributed by atoms with van der Waals surface area (Å²) in [7, 11) is 0. The van der Waals surface area contributed by atoms with Crippen molar-refractivity contribution < 1.29 is 19.1 Å². The van der Waals surface area contributed by atoms with Crippen LogP contribution in [0.2, 0.25) is 0 Å². The minimum absolute atomic E-state index is 0.0441. The summed E-state index contributed by atoms with van der Waals surface area (Å²) < 4.78 is 5.53. The van der Waals surface area contributed by atoms with Gasteiger partial charge in [0.15, 0.2) is 5.78 Å². The van der Waals surface area contributed by atoms with Gasteiger partial charge >= 0.3 is 6.09 Å². The Kier molecular flexibility index (Phi) is 6.46. The number of Topliss-reactive ketones (excluding diaryl/α,β-unsaturated/α-hetero) is 1. The summed E-state index contributed by atoms with van der Waals surface area (Å²) in [6.45, 7) is 2.89. The number of nitrogens with zero attached hydrogens (tertiary/aromatic N) is 3. The van der Waals surface area contributed by atoms with Gasteiger partial charge in [0.2, 0.25) is 0 Å². The van der Waals surface area contributed by atoms with Gasteiger partial charge in [-0.1, -0.05) is 60.7 Å². The van der Waals surface area contributed by atoms with Crippen molar-refractivity contribution in [2.45, 2.75) is 31.9 Å². The number of carbonyl (C=O) groups is 3. The molecule has 0 unspecified atom stereocenters. The van der Waals surface area contributed by atoms with E-state index >= 15 is 0 Å². The Bertz CT molecular complexity index is 1250. The van der Waals surface area contributed by atoms with Crippen LogP contribution >= 0.6 is 0 Å². The van der Waals surface area contributed by atoms with Gasteiger partial charge in [-0.25, -0.2) is 4.79 Å². The van der Waals surface area contributed by atoms with E-state index in [1.165, 1.54) is 6.92 Å². The number of ether oxygens (including phenoxy) is 1. The Morgan fingerprint density at radius 3 is 2.14 bits per heavy atom. The number of rotatable bonds is 5. The first kappa shape index (κ1) is 23.6. The second-order valence-corrected chi connectivity index (χ2v) is 9.27. The molecule has 7 heteroatoms. The fourth-order valence-corrected chi connectivity index (χ4v) is 5.19. The van der Waals surface area contributed by atoms with E-state index in [1.54, 1.807) is 15.9 Å². The maximum absolute atomic E-state index is 14.1. The van der Waals surface area contributed by atoms with Gasteiger partial charge in [0.25, 0.3) is 5.91 Å². The van der Waals surface area contributed by atoms with Gasteiger partial charge in [-0.15, -0.1) is 0 Å². The number of anilines is 2. The number of para-hydroxylation sites is 2. The third-order valence-corrected chi connectivity index (χ3v) is 7.14. The Morgan fingerprint density at radius 2 is 1.47 bits per heavy atom. The molecule has 5 rings (SSSR count). The minimum Gasteiger partial charge on any atom is -0.445 e. The molecule has 2 fully saturated rings. The first-order valence-corrected chi connectivity index (χ1v) is 12.2. The molecular weight excluding hydrogens is 454 g/mol. The summed E-state index contributed by atoms with van der Waals surface area (Å²) in [5, 5.41) is 0. The number of hydrogen-bond donors (Lipinski definition) is 0. The van der Waals surface area contributed by atoms with E-state index < -0.39 is 5.54 Å². The molecule has 2 aliphatic heterocycles. The first-order chi connectivity index (χ1) is 17.5. The largest absolute Gasteiger partial charge is 0.445 e. The van der Waals surface area contributed by atoms with Gasteiger partial charge in [-0.05, 0) is 49.6 Å². The lowest BCUT2D eigenvalue weighted by Gasteiger charge is -2.42. The highest BCUT2D eigenvalue weighted by Gasteiger charge is 2.55. The van der Waals surface area contributed by atoms with Crippen molar-refractivity contribution in [1.29, 1.82) is 0 Å². The molecule has 2 amide bonds. The summed E-state index contributed by atoms with van der Waals surface area (Å²) in [5.74, 6) is -0.126. The quantitative estimate of drug-likeness (QED) is 0.484. The SMILES string of the molecule is CC(=O)c1ccccc1N1CN(c2ccccc2)C2(CCN(C(=O)OCc3ccccc3)CC2)C1=O. The zero-order valence-corrected chi connectivity index (χ0v) is 20.3. The van der Waals surface area contributed by atoms with Gasteiger partial charge in [-0.2, -0.15) is 0 Å². The summed E-state index contributed by atoms with van der Waals surface area (Å²) in [6, 6.07) is 26.7. The molecule has 0 saturated carbocycles. The molecule has 0 aromatic heterocycles. The molecule has 2 aliphatic rings. The average molecular weight is 484 g/mol. The number of piperidine rings is 1. The van der Waals surface area contributed by atoms with E-state index in [4.69, 9.17) is 4.74 Å². The maximum Gasteiger partial charge on any atom is 0.410 e. The lowest BCUT2D eigenvalue weighted by atomic mass is 9.85. The van der Waals surface area contributed by atoms with E-state index in [2.05, 4.69) is 4.90 Å². The highest BCUT2D eigenvalue weighted by atomic mass is 16.6. The van der Waals surface area contributed by atoms with Crippen molar-refractivity contribution in [2.24, 2.45) is 0 Å². The zero-order valence-electron chi connectivity index (χ0n) is 20.3. The molecule has 184 valence electrons. The van der Waals surface area contributed by atoms with Crippen LogP contribution in [0.15, 0.2) is 84.9 Å². The zero-order chi connectivity index (χ0) is 25.1. The molecule has 7 nitrogen and oxygen atoms in total. The molecule has 0 aliphatic carbocycles. The van der Waals surface area contributed by atoms with Crippen LogP contribution in [0, 0.1) is 0 Å². The molecule has 0 bridgehead atoms. The summed E-state index contributed by atoms with van der Waals surface area (Å²) in [6.07, 6.45) is 0.573.